The summed E-state index contributed by atoms with van der Waals surface area (Å²) in [5, 5.41) is 8.94. The second kappa shape index (κ2) is 9.34. The summed E-state index contributed by atoms with van der Waals surface area (Å²) in [7, 11) is 0. The van der Waals surface area contributed by atoms with Gasteiger partial charge in [-0.15, -0.1) is 0 Å². The van der Waals surface area contributed by atoms with Gasteiger partial charge in [0.2, 0.25) is 5.91 Å². The first-order chi connectivity index (χ1) is 8.40. The van der Waals surface area contributed by atoms with Crippen LogP contribution in [0.25, 0.3) is 0 Å². The van der Waals surface area contributed by atoms with Gasteiger partial charge in [0.15, 0.2) is 0 Å². The molecule has 0 spiro atoms. The van der Waals surface area contributed by atoms with Crippen LogP contribution in [0.5, 0.6) is 0 Å². The molecule has 0 bridgehead atoms. The Labute approximate surface area is 112 Å². The van der Waals surface area contributed by atoms with E-state index in [1.165, 1.54) is 0 Å². The zero-order valence-electron chi connectivity index (χ0n) is 12.6. The number of likely N-dealkylation sites (N-methyl/N-ethyl adjacent to an activating group) is 1. The molecule has 4 heteroatoms. The molecule has 0 radical (unpaired) electrons. The van der Waals surface area contributed by atoms with Crippen molar-refractivity contribution in [2.75, 3.05) is 39.3 Å². The van der Waals surface area contributed by atoms with Crippen LogP contribution < -0.4 is 0 Å². The van der Waals surface area contributed by atoms with Crippen molar-refractivity contribution in [3.05, 3.63) is 0 Å². The van der Waals surface area contributed by atoms with Crippen LogP contribution in [0.15, 0.2) is 0 Å². The van der Waals surface area contributed by atoms with Gasteiger partial charge in [0.1, 0.15) is 0 Å². The normalized spacial score (nSPS) is 11.6. The number of amides is 1. The first kappa shape index (κ1) is 17.4. The van der Waals surface area contributed by atoms with E-state index in [0.29, 0.717) is 24.9 Å². The Bertz CT molecular complexity index is 220. The second-order valence-electron chi connectivity index (χ2n) is 5.68. The van der Waals surface area contributed by atoms with Gasteiger partial charge in [-0.2, -0.15) is 0 Å². The molecular formula is C14H30N2O2. The van der Waals surface area contributed by atoms with Gasteiger partial charge in [-0.25, -0.2) is 0 Å². The number of rotatable bonds is 9. The molecule has 1 amide bonds. The molecule has 0 unspecified atom stereocenters. The molecule has 0 aromatic carbocycles. The summed E-state index contributed by atoms with van der Waals surface area (Å²) >= 11 is 0. The van der Waals surface area contributed by atoms with Gasteiger partial charge >= 0.3 is 0 Å². The van der Waals surface area contributed by atoms with Gasteiger partial charge < -0.3 is 10.0 Å². The van der Waals surface area contributed by atoms with Gasteiger partial charge in [0, 0.05) is 19.6 Å². The average molecular weight is 258 g/mol. The standard InChI is InChI=1S/C14H30N2O2/c1-6-15(7-8-17)11-14(18)16(9-12(2)3)10-13(4)5/h12-13,17H,6-11H2,1-5H3. The van der Waals surface area contributed by atoms with Crippen molar-refractivity contribution in [3.8, 4) is 0 Å². The Morgan fingerprint density at radius 2 is 1.61 bits per heavy atom. The van der Waals surface area contributed by atoms with Gasteiger partial charge in [-0.05, 0) is 18.4 Å². The van der Waals surface area contributed by atoms with E-state index in [4.69, 9.17) is 5.11 Å². The minimum atomic E-state index is 0.107. The number of aliphatic hydroxyl groups excluding tert-OH is 1. The minimum absolute atomic E-state index is 0.107. The molecule has 4 nitrogen and oxygen atoms in total. The fourth-order valence-electron chi connectivity index (χ4n) is 1.94. The van der Waals surface area contributed by atoms with Crippen molar-refractivity contribution >= 4 is 5.91 Å². The first-order valence-electron chi connectivity index (χ1n) is 7.01. The fraction of sp³-hybridized carbons (Fsp3) is 0.929. The summed E-state index contributed by atoms with van der Waals surface area (Å²) in [6, 6.07) is 0. The van der Waals surface area contributed by atoms with Gasteiger partial charge in [0.25, 0.3) is 0 Å². The van der Waals surface area contributed by atoms with Crippen LogP contribution in [0.1, 0.15) is 34.6 Å². The number of carbonyl (C=O) groups is 1. The lowest BCUT2D eigenvalue weighted by Crippen LogP contribution is -2.44. The van der Waals surface area contributed by atoms with E-state index in [9.17, 15) is 4.79 Å². The van der Waals surface area contributed by atoms with E-state index in [2.05, 4.69) is 27.7 Å². The maximum absolute atomic E-state index is 12.3. The SMILES string of the molecule is CCN(CCO)CC(=O)N(CC(C)C)CC(C)C. The Balaban J connectivity index is 4.43. The summed E-state index contributed by atoms with van der Waals surface area (Å²) in [6.07, 6.45) is 0. The molecule has 0 fully saturated rings. The van der Waals surface area contributed by atoms with Crippen molar-refractivity contribution in [2.45, 2.75) is 34.6 Å². The zero-order chi connectivity index (χ0) is 14.1. The molecule has 108 valence electrons. The molecule has 0 aromatic heterocycles. The monoisotopic (exact) mass is 258 g/mol. The number of hydrogen-bond donors (Lipinski definition) is 1. The van der Waals surface area contributed by atoms with E-state index in [0.717, 1.165) is 19.6 Å². The first-order valence-corrected chi connectivity index (χ1v) is 7.01. The zero-order valence-corrected chi connectivity index (χ0v) is 12.6. The van der Waals surface area contributed by atoms with Crippen LogP contribution in [0.2, 0.25) is 0 Å². The Morgan fingerprint density at radius 1 is 1.11 bits per heavy atom. The maximum Gasteiger partial charge on any atom is 0.236 e. The summed E-state index contributed by atoms with van der Waals surface area (Å²) < 4.78 is 0. The molecule has 0 atom stereocenters. The van der Waals surface area contributed by atoms with Gasteiger partial charge in [-0.1, -0.05) is 34.6 Å². The maximum atomic E-state index is 12.3. The highest BCUT2D eigenvalue weighted by Crippen LogP contribution is 2.05. The van der Waals surface area contributed by atoms with Crippen molar-refractivity contribution in [1.29, 1.82) is 0 Å². The summed E-state index contributed by atoms with van der Waals surface area (Å²) in [4.78, 5) is 16.2. The highest BCUT2D eigenvalue weighted by molar-refractivity contribution is 5.78. The van der Waals surface area contributed by atoms with Crippen LogP contribution >= 0.6 is 0 Å². The highest BCUT2D eigenvalue weighted by atomic mass is 16.3. The molecule has 0 aliphatic carbocycles. The summed E-state index contributed by atoms with van der Waals surface area (Å²) in [5.74, 6) is 1.15. The number of nitrogens with zero attached hydrogens (tertiary/aromatic N) is 2. The topological polar surface area (TPSA) is 43.8 Å². The predicted octanol–water partition coefficient (Wildman–Crippen LogP) is 1.44. The molecular weight excluding hydrogens is 228 g/mol. The van der Waals surface area contributed by atoms with Gasteiger partial charge in [0.05, 0.1) is 13.2 Å². The lowest BCUT2D eigenvalue weighted by Gasteiger charge is -2.29. The van der Waals surface area contributed by atoms with E-state index in [1.807, 2.05) is 16.7 Å². The van der Waals surface area contributed by atoms with Crippen molar-refractivity contribution in [2.24, 2.45) is 11.8 Å². The molecule has 0 saturated heterocycles. The van der Waals surface area contributed by atoms with E-state index in [-0.39, 0.29) is 12.5 Å². The Morgan fingerprint density at radius 3 is 1.94 bits per heavy atom. The number of hydrogen-bond acceptors (Lipinski definition) is 3. The van der Waals surface area contributed by atoms with Crippen LogP contribution in [0.4, 0.5) is 0 Å². The average Bonchev–Trinajstić information content (AvgIpc) is 2.26. The lowest BCUT2D eigenvalue weighted by atomic mass is 10.1. The molecule has 0 aliphatic rings. The fourth-order valence-corrected chi connectivity index (χ4v) is 1.94. The summed E-state index contributed by atoms with van der Waals surface area (Å²) in [5.41, 5.74) is 0. The molecule has 0 heterocycles. The number of carbonyl (C=O) groups excluding carboxylic acids is 1. The second-order valence-corrected chi connectivity index (χ2v) is 5.68. The van der Waals surface area contributed by atoms with E-state index in [1.54, 1.807) is 0 Å². The lowest BCUT2D eigenvalue weighted by molar-refractivity contribution is -0.133. The van der Waals surface area contributed by atoms with Crippen molar-refractivity contribution < 1.29 is 9.90 Å². The smallest absolute Gasteiger partial charge is 0.236 e. The van der Waals surface area contributed by atoms with E-state index < -0.39 is 0 Å². The molecule has 0 aromatic rings. The van der Waals surface area contributed by atoms with Crippen molar-refractivity contribution in [1.82, 2.24) is 9.80 Å². The van der Waals surface area contributed by atoms with Crippen LogP contribution in [-0.2, 0) is 4.79 Å². The third-order valence-electron chi connectivity index (χ3n) is 2.75. The molecule has 1 N–H and O–H groups in total. The third kappa shape index (κ3) is 7.67. The van der Waals surface area contributed by atoms with Crippen LogP contribution in [-0.4, -0.2) is 60.1 Å². The molecule has 0 saturated carbocycles. The molecule has 0 rings (SSSR count). The minimum Gasteiger partial charge on any atom is -0.395 e. The summed E-state index contributed by atoms with van der Waals surface area (Å²) in [6.45, 7) is 14.0. The van der Waals surface area contributed by atoms with Crippen LogP contribution in [0.3, 0.4) is 0 Å². The Kier molecular flexibility index (Phi) is 9.02. The van der Waals surface area contributed by atoms with Crippen molar-refractivity contribution in [3.63, 3.8) is 0 Å². The highest BCUT2D eigenvalue weighted by Gasteiger charge is 2.18. The Hall–Kier alpha value is -0.610. The quantitative estimate of drug-likeness (QED) is 0.680. The van der Waals surface area contributed by atoms with E-state index >= 15 is 0 Å². The number of aliphatic hydroxyl groups is 1. The van der Waals surface area contributed by atoms with Crippen LogP contribution in [0, 0.1) is 11.8 Å². The third-order valence-corrected chi connectivity index (χ3v) is 2.75. The van der Waals surface area contributed by atoms with Gasteiger partial charge in [-0.3, -0.25) is 9.69 Å². The molecule has 18 heavy (non-hydrogen) atoms. The predicted molar refractivity (Wildman–Crippen MR) is 75.5 cm³/mol. The largest absolute Gasteiger partial charge is 0.395 e. The molecule has 0 aliphatic heterocycles.